The van der Waals surface area contributed by atoms with Crippen molar-refractivity contribution in [3.8, 4) is 0 Å². The van der Waals surface area contributed by atoms with Crippen molar-refractivity contribution in [1.29, 1.82) is 0 Å². The first-order chi connectivity index (χ1) is 9.53. The number of sulfonamides is 1. The highest BCUT2D eigenvalue weighted by Crippen LogP contribution is 2.12. The Morgan fingerprint density at radius 2 is 2.25 bits per heavy atom. The Labute approximate surface area is 114 Å². The highest BCUT2D eigenvalue weighted by molar-refractivity contribution is 7.89. The van der Waals surface area contributed by atoms with Crippen LogP contribution in [0.1, 0.15) is 16.2 Å². The molecule has 0 saturated heterocycles. The first-order valence-corrected chi connectivity index (χ1v) is 6.91. The number of H-pyrrole nitrogens is 1. The number of hydrogen-bond acceptors (Lipinski definition) is 7. The van der Waals surface area contributed by atoms with Crippen molar-refractivity contribution in [3.63, 3.8) is 0 Å². The Kier molecular flexibility index (Phi) is 4.05. The molecule has 0 spiro atoms. The van der Waals surface area contributed by atoms with Crippen molar-refractivity contribution >= 4 is 16.0 Å². The van der Waals surface area contributed by atoms with E-state index in [4.69, 9.17) is 0 Å². The minimum Gasteiger partial charge on any atom is -0.465 e. The van der Waals surface area contributed by atoms with E-state index in [1.165, 1.54) is 31.4 Å². The van der Waals surface area contributed by atoms with Gasteiger partial charge in [-0.05, 0) is 18.2 Å². The molecule has 0 radical (unpaired) electrons. The molecule has 0 amide bonds. The molecule has 2 N–H and O–H groups in total. The molecule has 0 aliphatic carbocycles. The maximum atomic E-state index is 12.0. The summed E-state index contributed by atoms with van der Waals surface area (Å²) in [7, 11) is -2.56. The fourth-order valence-corrected chi connectivity index (χ4v) is 2.43. The third-order valence-corrected chi connectivity index (χ3v) is 3.77. The van der Waals surface area contributed by atoms with Crippen LogP contribution in [0.25, 0.3) is 0 Å². The molecule has 0 aliphatic heterocycles. The maximum absolute atomic E-state index is 12.0. The second-order valence-corrected chi connectivity index (χ2v) is 5.44. The van der Waals surface area contributed by atoms with Gasteiger partial charge < -0.3 is 4.74 Å². The van der Waals surface area contributed by atoms with Crippen LogP contribution in [0.3, 0.4) is 0 Å². The Balaban J connectivity index is 2.18. The Hall–Kier alpha value is -2.33. The lowest BCUT2D eigenvalue weighted by Gasteiger charge is -2.06. The molecule has 0 unspecified atom stereocenters. The Morgan fingerprint density at radius 1 is 1.45 bits per heavy atom. The number of rotatable bonds is 5. The average molecular weight is 297 g/mol. The highest BCUT2D eigenvalue weighted by atomic mass is 32.2. The van der Waals surface area contributed by atoms with E-state index in [1.807, 2.05) is 0 Å². The third-order valence-electron chi connectivity index (χ3n) is 2.37. The van der Waals surface area contributed by atoms with Gasteiger partial charge >= 0.3 is 5.97 Å². The first-order valence-electron chi connectivity index (χ1n) is 5.43. The van der Waals surface area contributed by atoms with Crippen LogP contribution in [0.4, 0.5) is 0 Å². The maximum Gasteiger partial charge on any atom is 0.337 e. The number of hydrogen-bond donors (Lipinski definition) is 2. The van der Waals surface area contributed by atoms with Crippen molar-refractivity contribution in [2.45, 2.75) is 11.4 Å². The van der Waals surface area contributed by atoms with E-state index in [2.05, 4.69) is 30.1 Å². The molecule has 1 aromatic carbocycles. The second kappa shape index (κ2) is 5.75. The third kappa shape index (κ3) is 3.16. The molecule has 9 nitrogen and oxygen atoms in total. The summed E-state index contributed by atoms with van der Waals surface area (Å²) in [6.45, 7) is -0.110. The lowest BCUT2D eigenvalue weighted by atomic mass is 10.2. The van der Waals surface area contributed by atoms with Gasteiger partial charge in [-0.15, -0.1) is 10.2 Å². The highest BCUT2D eigenvalue weighted by Gasteiger charge is 2.17. The van der Waals surface area contributed by atoms with Crippen LogP contribution in [-0.4, -0.2) is 42.1 Å². The molecule has 2 rings (SSSR count). The van der Waals surface area contributed by atoms with Crippen LogP contribution in [0.15, 0.2) is 29.2 Å². The summed E-state index contributed by atoms with van der Waals surface area (Å²) < 4.78 is 30.9. The number of methoxy groups -OCH3 is 1. The van der Waals surface area contributed by atoms with Crippen molar-refractivity contribution in [2.24, 2.45) is 0 Å². The normalized spacial score (nSPS) is 11.2. The van der Waals surface area contributed by atoms with E-state index >= 15 is 0 Å². The fraction of sp³-hybridized carbons (Fsp3) is 0.200. The second-order valence-electron chi connectivity index (χ2n) is 3.67. The molecule has 0 bridgehead atoms. The van der Waals surface area contributed by atoms with Gasteiger partial charge in [-0.25, -0.2) is 17.9 Å². The molecule has 1 heterocycles. The zero-order valence-corrected chi connectivity index (χ0v) is 11.2. The summed E-state index contributed by atoms with van der Waals surface area (Å²) in [5.41, 5.74) is 0.148. The van der Waals surface area contributed by atoms with E-state index in [1.54, 1.807) is 0 Å². The van der Waals surface area contributed by atoms with E-state index in [-0.39, 0.29) is 22.8 Å². The molecule has 2 aromatic rings. The number of tetrazole rings is 1. The molecule has 0 saturated carbocycles. The monoisotopic (exact) mass is 297 g/mol. The number of aromatic amines is 1. The number of nitrogens with one attached hydrogen (secondary N) is 2. The Bertz CT molecular complexity index is 698. The zero-order chi connectivity index (χ0) is 14.6. The van der Waals surface area contributed by atoms with Gasteiger partial charge in [-0.1, -0.05) is 11.3 Å². The summed E-state index contributed by atoms with van der Waals surface area (Å²) in [5, 5.41) is 12.8. The van der Waals surface area contributed by atoms with E-state index in [0.717, 1.165) is 0 Å². The van der Waals surface area contributed by atoms with Crippen LogP contribution in [-0.2, 0) is 21.3 Å². The van der Waals surface area contributed by atoms with Gasteiger partial charge in [0.1, 0.15) is 0 Å². The standard InChI is InChI=1S/C10H11N5O4S/c1-19-10(16)7-3-2-4-8(5-7)20(17,18)11-6-9-12-14-15-13-9/h2-5,11H,6H2,1H3,(H,12,13,14,15). The minimum absolute atomic E-state index is 0.0519. The fourth-order valence-electron chi connectivity index (χ4n) is 1.41. The lowest BCUT2D eigenvalue weighted by Crippen LogP contribution is -2.24. The summed E-state index contributed by atoms with van der Waals surface area (Å²) in [6.07, 6.45) is 0. The predicted molar refractivity (Wildman–Crippen MR) is 66.0 cm³/mol. The van der Waals surface area contributed by atoms with Crippen LogP contribution in [0.2, 0.25) is 0 Å². The van der Waals surface area contributed by atoms with Gasteiger partial charge in [0.2, 0.25) is 10.0 Å². The van der Waals surface area contributed by atoms with Gasteiger partial charge in [0, 0.05) is 0 Å². The zero-order valence-electron chi connectivity index (χ0n) is 10.4. The van der Waals surface area contributed by atoms with Gasteiger partial charge in [-0.3, -0.25) is 0 Å². The van der Waals surface area contributed by atoms with E-state index in [9.17, 15) is 13.2 Å². The SMILES string of the molecule is COC(=O)c1cccc(S(=O)(=O)NCc2nn[nH]n2)c1. The van der Waals surface area contributed by atoms with Crippen molar-refractivity contribution in [3.05, 3.63) is 35.7 Å². The molecular formula is C10H11N5O4S. The van der Waals surface area contributed by atoms with Crippen LogP contribution in [0, 0.1) is 0 Å². The van der Waals surface area contributed by atoms with Gasteiger partial charge in [-0.2, -0.15) is 5.21 Å². The number of carbonyl (C=O) groups is 1. The number of nitrogens with zero attached hydrogens (tertiary/aromatic N) is 3. The Morgan fingerprint density at radius 3 is 2.90 bits per heavy atom. The summed E-state index contributed by atoms with van der Waals surface area (Å²) in [4.78, 5) is 11.3. The molecule has 20 heavy (non-hydrogen) atoms. The van der Waals surface area contributed by atoms with E-state index < -0.39 is 16.0 Å². The predicted octanol–water partition coefficient (Wildman–Crippen LogP) is -0.535. The van der Waals surface area contributed by atoms with Crippen molar-refractivity contribution in [2.75, 3.05) is 7.11 Å². The molecule has 0 atom stereocenters. The van der Waals surface area contributed by atoms with Crippen molar-refractivity contribution in [1.82, 2.24) is 25.3 Å². The van der Waals surface area contributed by atoms with Gasteiger partial charge in [0.15, 0.2) is 5.82 Å². The van der Waals surface area contributed by atoms with Crippen LogP contribution < -0.4 is 4.72 Å². The summed E-state index contributed by atoms with van der Waals surface area (Å²) in [5.74, 6) is -0.405. The molecular weight excluding hydrogens is 286 g/mol. The lowest BCUT2D eigenvalue weighted by molar-refractivity contribution is 0.0600. The molecule has 106 valence electrons. The van der Waals surface area contributed by atoms with Gasteiger partial charge in [0.05, 0.1) is 24.1 Å². The quantitative estimate of drug-likeness (QED) is 0.710. The molecule has 1 aromatic heterocycles. The molecule has 0 fully saturated rings. The first kappa shape index (κ1) is 14.1. The van der Waals surface area contributed by atoms with Gasteiger partial charge in [0.25, 0.3) is 0 Å². The number of aromatic nitrogens is 4. The largest absolute Gasteiger partial charge is 0.465 e. The number of benzene rings is 1. The minimum atomic E-state index is -3.78. The number of ether oxygens (including phenoxy) is 1. The van der Waals surface area contributed by atoms with E-state index in [0.29, 0.717) is 0 Å². The summed E-state index contributed by atoms with van der Waals surface area (Å²) in [6, 6.07) is 5.51. The van der Waals surface area contributed by atoms with Crippen LogP contribution >= 0.6 is 0 Å². The van der Waals surface area contributed by atoms with Crippen LogP contribution in [0.5, 0.6) is 0 Å². The summed E-state index contributed by atoms with van der Waals surface area (Å²) >= 11 is 0. The number of carbonyl (C=O) groups excluding carboxylic acids is 1. The topological polar surface area (TPSA) is 127 Å². The average Bonchev–Trinajstić information content (AvgIpc) is 2.98. The molecule has 10 heteroatoms. The van der Waals surface area contributed by atoms with Crippen molar-refractivity contribution < 1.29 is 17.9 Å². The smallest absolute Gasteiger partial charge is 0.337 e. The molecule has 0 aliphatic rings. The number of esters is 1.